The largest absolute Gasteiger partial charge is 0.416 e. The molecule has 0 bridgehead atoms. The first kappa shape index (κ1) is 13.5. The Bertz CT molecular complexity index is 335. The quantitative estimate of drug-likeness (QED) is 0.775. The van der Waals surface area contributed by atoms with Crippen LogP contribution in [0.15, 0.2) is 9.64 Å². The standard InChI is InChI=1S/C10H19N3O2S/c1-6-12-13-9(15-6)16-7(5-14)8(11)10(2,3)4/h7-8,14H,5,11H2,1-4H3. The number of nitrogens with two attached hydrogens (primary N) is 1. The Morgan fingerprint density at radius 3 is 2.44 bits per heavy atom. The molecule has 2 unspecified atom stereocenters. The van der Waals surface area contributed by atoms with Crippen molar-refractivity contribution >= 4 is 11.8 Å². The Kier molecular flexibility index (Phi) is 4.35. The summed E-state index contributed by atoms with van der Waals surface area (Å²) in [5.74, 6) is 0.517. The maximum atomic E-state index is 9.34. The molecule has 1 heterocycles. The van der Waals surface area contributed by atoms with Crippen molar-refractivity contribution in [1.29, 1.82) is 0 Å². The highest BCUT2D eigenvalue weighted by atomic mass is 32.2. The molecule has 0 aliphatic carbocycles. The second-order valence-corrected chi connectivity index (χ2v) is 6.01. The van der Waals surface area contributed by atoms with Gasteiger partial charge in [-0.1, -0.05) is 32.5 Å². The van der Waals surface area contributed by atoms with Crippen LogP contribution in [-0.4, -0.2) is 33.2 Å². The van der Waals surface area contributed by atoms with Crippen molar-refractivity contribution in [2.24, 2.45) is 11.1 Å². The maximum Gasteiger partial charge on any atom is 0.276 e. The normalized spacial score (nSPS) is 16.1. The number of hydrogen-bond donors (Lipinski definition) is 2. The molecule has 5 nitrogen and oxygen atoms in total. The molecule has 3 N–H and O–H groups in total. The van der Waals surface area contributed by atoms with E-state index in [2.05, 4.69) is 10.2 Å². The Labute approximate surface area is 99.8 Å². The predicted molar refractivity (Wildman–Crippen MR) is 63.2 cm³/mol. The van der Waals surface area contributed by atoms with Crippen LogP contribution in [-0.2, 0) is 0 Å². The molecule has 0 saturated heterocycles. The molecular weight excluding hydrogens is 226 g/mol. The summed E-state index contributed by atoms with van der Waals surface area (Å²) < 4.78 is 5.25. The van der Waals surface area contributed by atoms with Crippen LogP contribution in [0.4, 0.5) is 0 Å². The van der Waals surface area contributed by atoms with E-state index in [9.17, 15) is 5.11 Å². The van der Waals surface area contributed by atoms with E-state index in [0.29, 0.717) is 11.1 Å². The fraction of sp³-hybridized carbons (Fsp3) is 0.800. The van der Waals surface area contributed by atoms with Gasteiger partial charge >= 0.3 is 0 Å². The summed E-state index contributed by atoms with van der Waals surface area (Å²) >= 11 is 1.33. The monoisotopic (exact) mass is 245 g/mol. The molecule has 2 atom stereocenters. The first-order valence-electron chi connectivity index (χ1n) is 5.18. The molecular formula is C10H19N3O2S. The number of aromatic nitrogens is 2. The van der Waals surface area contributed by atoms with Crippen molar-refractivity contribution in [3.8, 4) is 0 Å². The lowest BCUT2D eigenvalue weighted by Crippen LogP contribution is -2.45. The molecule has 1 aromatic rings. The van der Waals surface area contributed by atoms with Gasteiger partial charge in [0, 0.05) is 13.0 Å². The summed E-state index contributed by atoms with van der Waals surface area (Å²) in [6.45, 7) is 7.85. The number of aryl methyl sites for hydroxylation is 1. The van der Waals surface area contributed by atoms with Crippen LogP contribution in [0.1, 0.15) is 26.7 Å². The number of rotatable bonds is 4. The van der Waals surface area contributed by atoms with Gasteiger partial charge in [-0.3, -0.25) is 0 Å². The summed E-state index contributed by atoms with van der Waals surface area (Å²) in [5.41, 5.74) is 6.02. The molecule has 92 valence electrons. The molecule has 0 aliphatic heterocycles. The van der Waals surface area contributed by atoms with Gasteiger partial charge in [0.05, 0.1) is 11.9 Å². The molecule has 16 heavy (non-hydrogen) atoms. The molecule has 1 rings (SSSR count). The van der Waals surface area contributed by atoms with Crippen LogP contribution >= 0.6 is 11.8 Å². The third-order valence-electron chi connectivity index (χ3n) is 2.34. The Morgan fingerprint density at radius 2 is 2.06 bits per heavy atom. The van der Waals surface area contributed by atoms with Gasteiger partial charge in [-0.25, -0.2) is 0 Å². The molecule has 0 saturated carbocycles. The molecule has 6 heteroatoms. The van der Waals surface area contributed by atoms with Crippen molar-refractivity contribution in [3.05, 3.63) is 5.89 Å². The van der Waals surface area contributed by atoms with Crippen LogP contribution in [0.5, 0.6) is 0 Å². The zero-order valence-corrected chi connectivity index (χ0v) is 10.9. The highest BCUT2D eigenvalue weighted by molar-refractivity contribution is 7.99. The third-order valence-corrected chi connectivity index (χ3v) is 3.45. The molecule has 1 aromatic heterocycles. The van der Waals surface area contributed by atoms with Crippen molar-refractivity contribution in [3.63, 3.8) is 0 Å². The topological polar surface area (TPSA) is 85.2 Å². The number of hydrogen-bond acceptors (Lipinski definition) is 6. The summed E-state index contributed by atoms with van der Waals surface area (Å²) in [6, 6.07) is -0.144. The average molecular weight is 245 g/mol. The SMILES string of the molecule is Cc1nnc(SC(CO)C(N)C(C)(C)C)o1. The second kappa shape index (κ2) is 5.16. The van der Waals surface area contributed by atoms with E-state index < -0.39 is 0 Å². The van der Waals surface area contributed by atoms with E-state index in [0.717, 1.165) is 0 Å². The minimum atomic E-state index is -0.144. The van der Waals surface area contributed by atoms with Crippen molar-refractivity contribution in [2.75, 3.05) is 6.61 Å². The van der Waals surface area contributed by atoms with Crippen molar-refractivity contribution in [1.82, 2.24) is 10.2 Å². The zero-order valence-electron chi connectivity index (χ0n) is 10.1. The molecule has 0 amide bonds. The Hall–Kier alpha value is -0.590. The van der Waals surface area contributed by atoms with Gasteiger partial charge in [0.15, 0.2) is 0 Å². The maximum absolute atomic E-state index is 9.34. The van der Waals surface area contributed by atoms with Gasteiger partial charge in [0.25, 0.3) is 5.22 Å². The van der Waals surface area contributed by atoms with Gasteiger partial charge in [-0.15, -0.1) is 10.2 Å². The second-order valence-electron chi connectivity index (χ2n) is 4.82. The van der Waals surface area contributed by atoms with Gasteiger partial charge < -0.3 is 15.3 Å². The average Bonchev–Trinajstić information content (AvgIpc) is 2.58. The van der Waals surface area contributed by atoms with Crippen molar-refractivity contribution < 1.29 is 9.52 Å². The van der Waals surface area contributed by atoms with E-state index in [-0.39, 0.29) is 23.3 Å². The fourth-order valence-corrected chi connectivity index (χ4v) is 2.38. The number of nitrogens with zero attached hydrogens (tertiary/aromatic N) is 2. The van der Waals surface area contributed by atoms with Gasteiger partial charge in [0.1, 0.15) is 0 Å². The molecule has 0 spiro atoms. The highest BCUT2D eigenvalue weighted by Gasteiger charge is 2.30. The van der Waals surface area contributed by atoms with Crippen LogP contribution in [0.25, 0.3) is 0 Å². The summed E-state index contributed by atoms with van der Waals surface area (Å²) in [4.78, 5) is 0. The lowest BCUT2D eigenvalue weighted by Gasteiger charge is -2.31. The van der Waals surface area contributed by atoms with E-state index in [1.165, 1.54) is 11.8 Å². The Balaban J connectivity index is 2.69. The smallest absolute Gasteiger partial charge is 0.276 e. The zero-order chi connectivity index (χ0) is 12.3. The van der Waals surface area contributed by atoms with Crippen molar-refractivity contribution in [2.45, 2.75) is 44.2 Å². The minimum Gasteiger partial charge on any atom is -0.416 e. The van der Waals surface area contributed by atoms with Gasteiger partial charge in [-0.05, 0) is 5.41 Å². The predicted octanol–water partition coefficient (Wildman–Crippen LogP) is 1.20. The third kappa shape index (κ3) is 3.47. The Morgan fingerprint density at radius 1 is 1.44 bits per heavy atom. The van der Waals surface area contributed by atoms with Gasteiger partial charge in [0.2, 0.25) is 5.89 Å². The van der Waals surface area contributed by atoms with Gasteiger partial charge in [-0.2, -0.15) is 0 Å². The van der Waals surface area contributed by atoms with E-state index in [1.807, 2.05) is 20.8 Å². The first-order chi connectivity index (χ1) is 7.34. The molecule has 0 aromatic carbocycles. The van der Waals surface area contributed by atoms with Crippen LogP contribution in [0.2, 0.25) is 0 Å². The van der Waals surface area contributed by atoms with Crippen LogP contribution < -0.4 is 5.73 Å². The number of aliphatic hydroxyl groups is 1. The highest BCUT2D eigenvalue weighted by Crippen LogP contribution is 2.30. The number of thioether (sulfide) groups is 1. The van der Waals surface area contributed by atoms with Crippen LogP contribution in [0, 0.1) is 12.3 Å². The summed E-state index contributed by atoms with van der Waals surface area (Å²) in [7, 11) is 0. The molecule has 0 fully saturated rings. The van der Waals surface area contributed by atoms with E-state index in [4.69, 9.17) is 10.2 Å². The minimum absolute atomic E-state index is 0.00939. The van der Waals surface area contributed by atoms with E-state index in [1.54, 1.807) is 6.92 Å². The molecule has 0 aliphatic rings. The lowest BCUT2D eigenvalue weighted by atomic mass is 9.85. The lowest BCUT2D eigenvalue weighted by molar-refractivity contribution is 0.232. The first-order valence-corrected chi connectivity index (χ1v) is 6.05. The van der Waals surface area contributed by atoms with E-state index >= 15 is 0 Å². The number of aliphatic hydroxyl groups excluding tert-OH is 1. The fourth-order valence-electron chi connectivity index (χ4n) is 1.24. The molecule has 0 radical (unpaired) electrons. The van der Waals surface area contributed by atoms with Crippen LogP contribution in [0.3, 0.4) is 0 Å². The summed E-state index contributed by atoms with van der Waals surface area (Å²) in [6.07, 6.45) is 0. The summed E-state index contributed by atoms with van der Waals surface area (Å²) in [5, 5.41) is 17.3.